The van der Waals surface area contributed by atoms with Crippen LogP contribution in [0.4, 0.5) is 5.13 Å². The van der Waals surface area contributed by atoms with Crippen molar-refractivity contribution < 1.29 is 0 Å². The number of rotatable bonds is 5. The van der Waals surface area contributed by atoms with E-state index in [1.807, 2.05) is 17.5 Å². The maximum Gasteiger partial charge on any atom is 0.185 e. The average Bonchev–Trinajstić information content (AvgIpc) is 2.71. The molecule has 1 aromatic rings. The summed E-state index contributed by atoms with van der Waals surface area (Å²) in [5, 5.41) is 4.59. The fourth-order valence-electron chi connectivity index (χ4n) is 2.75. The maximum atomic E-state index is 4.61. The van der Waals surface area contributed by atoms with Crippen molar-refractivity contribution in [1.29, 1.82) is 0 Å². The lowest BCUT2D eigenvalue weighted by Gasteiger charge is -2.20. The van der Waals surface area contributed by atoms with Crippen LogP contribution in [0.25, 0.3) is 0 Å². The molecule has 0 bridgehead atoms. The minimum Gasteiger partial charge on any atom is -0.348 e. The van der Waals surface area contributed by atoms with Crippen LogP contribution in [0.1, 0.15) is 44.9 Å². The fourth-order valence-corrected chi connectivity index (χ4v) is 3.68. The average molecular weight is 281 g/mol. The lowest BCUT2D eigenvalue weighted by molar-refractivity contribution is 0.351. The van der Waals surface area contributed by atoms with Gasteiger partial charge in [0.25, 0.3) is 0 Å². The molecule has 108 valence electrons. The summed E-state index contributed by atoms with van der Waals surface area (Å²) in [6.07, 6.45) is 6.04. The molecule has 1 N–H and O–H groups in total. The number of hydrogen-bond acceptors (Lipinski definition) is 4. The van der Waals surface area contributed by atoms with E-state index in [-0.39, 0.29) is 0 Å². The van der Waals surface area contributed by atoms with Crippen LogP contribution in [0.5, 0.6) is 0 Å². The summed E-state index contributed by atoms with van der Waals surface area (Å²) < 4.78 is 0. The SMILES string of the molecule is CCNCc1cnc(N2CCCC(C(C)C)CC2)s1. The number of hydrogen-bond donors (Lipinski definition) is 1. The summed E-state index contributed by atoms with van der Waals surface area (Å²) in [7, 11) is 0. The van der Waals surface area contributed by atoms with Crippen LogP contribution in [0.2, 0.25) is 0 Å². The molecule has 0 aliphatic carbocycles. The summed E-state index contributed by atoms with van der Waals surface area (Å²) in [6, 6.07) is 0. The largest absolute Gasteiger partial charge is 0.348 e. The normalized spacial score (nSPS) is 20.8. The smallest absolute Gasteiger partial charge is 0.185 e. The standard InChI is InChI=1S/C15H27N3S/c1-4-16-10-14-11-17-15(19-14)18-8-5-6-13(7-9-18)12(2)3/h11-13,16H,4-10H2,1-3H3. The van der Waals surface area contributed by atoms with Gasteiger partial charge in [-0.25, -0.2) is 4.98 Å². The van der Waals surface area contributed by atoms with Crippen LogP contribution < -0.4 is 10.2 Å². The molecule has 2 rings (SSSR count). The fraction of sp³-hybridized carbons (Fsp3) is 0.800. The molecular weight excluding hydrogens is 254 g/mol. The van der Waals surface area contributed by atoms with Crippen molar-refractivity contribution >= 4 is 16.5 Å². The molecule has 1 unspecified atom stereocenters. The molecule has 1 aliphatic heterocycles. The Morgan fingerprint density at radius 2 is 2.26 bits per heavy atom. The van der Waals surface area contributed by atoms with E-state index in [2.05, 4.69) is 36.0 Å². The second-order valence-corrected chi connectivity index (χ2v) is 6.91. The zero-order chi connectivity index (χ0) is 13.7. The lowest BCUT2D eigenvalue weighted by Crippen LogP contribution is -2.24. The van der Waals surface area contributed by atoms with E-state index >= 15 is 0 Å². The van der Waals surface area contributed by atoms with E-state index in [1.165, 1.54) is 42.4 Å². The zero-order valence-corrected chi connectivity index (χ0v) is 13.3. The Morgan fingerprint density at radius 3 is 3.00 bits per heavy atom. The van der Waals surface area contributed by atoms with Gasteiger partial charge >= 0.3 is 0 Å². The molecule has 0 amide bonds. The Labute approximate surface area is 121 Å². The van der Waals surface area contributed by atoms with Crippen LogP contribution in [0.15, 0.2) is 6.20 Å². The highest BCUT2D eigenvalue weighted by molar-refractivity contribution is 7.15. The number of nitrogens with one attached hydrogen (secondary N) is 1. The molecular formula is C15H27N3S. The van der Waals surface area contributed by atoms with Gasteiger partial charge in [0, 0.05) is 30.7 Å². The van der Waals surface area contributed by atoms with Gasteiger partial charge in [-0.1, -0.05) is 20.8 Å². The molecule has 19 heavy (non-hydrogen) atoms. The highest BCUT2D eigenvalue weighted by Crippen LogP contribution is 2.29. The van der Waals surface area contributed by atoms with Crippen molar-refractivity contribution in [3.63, 3.8) is 0 Å². The molecule has 2 heterocycles. The Balaban J connectivity index is 1.92. The van der Waals surface area contributed by atoms with Crippen LogP contribution in [-0.2, 0) is 6.54 Å². The van der Waals surface area contributed by atoms with E-state index in [0.717, 1.165) is 24.9 Å². The monoisotopic (exact) mass is 281 g/mol. The van der Waals surface area contributed by atoms with Crippen molar-refractivity contribution in [1.82, 2.24) is 10.3 Å². The highest BCUT2D eigenvalue weighted by atomic mass is 32.1. The van der Waals surface area contributed by atoms with Gasteiger partial charge in [0.1, 0.15) is 0 Å². The third-order valence-electron chi connectivity index (χ3n) is 4.08. The number of aromatic nitrogens is 1. The Bertz CT molecular complexity index is 375. The predicted octanol–water partition coefficient (Wildman–Crippen LogP) is 3.52. The first kappa shape index (κ1) is 14.8. The summed E-state index contributed by atoms with van der Waals surface area (Å²) in [6.45, 7) is 11.2. The van der Waals surface area contributed by atoms with Gasteiger partial charge in [-0.15, -0.1) is 11.3 Å². The second kappa shape index (κ2) is 7.25. The first-order chi connectivity index (χ1) is 9.20. The molecule has 0 aromatic carbocycles. The summed E-state index contributed by atoms with van der Waals surface area (Å²) in [5.74, 6) is 1.71. The van der Waals surface area contributed by atoms with Crippen molar-refractivity contribution in [3.8, 4) is 0 Å². The zero-order valence-electron chi connectivity index (χ0n) is 12.5. The number of anilines is 1. The van der Waals surface area contributed by atoms with Gasteiger partial charge in [-0.2, -0.15) is 0 Å². The van der Waals surface area contributed by atoms with E-state index in [1.54, 1.807) is 0 Å². The van der Waals surface area contributed by atoms with Crippen LogP contribution >= 0.6 is 11.3 Å². The van der Waals surface area contributed by atoms with Crippen molar-refractivity contribution in [2.45, 2.75) is 46.6 Å². The Hall–Kier alpha value is -0.610. The minimum atomic E-state index is 0.820. The lowest BCUT2D eigenvalue weighted by atomic mass is 9.89. The molecule has 3 nitrogen and oxygen atoms in total. The summed E-state index contributed by atoms with van der Waals surface area (Å²) in [5.41, 5.74) is 0. The van der Waals surface area contributed by atoms with Crippen molar-refractivity contribution in [3.05, 3.63) is 11.1 Å². The van der Waals surface area contributed by atoms with Gasteiger partial charge in [0.15, 0.2) is 5.13 Å². The van der Waals surface area contributed by atoms with E-state index in [9.17, 15) is 0 Å². The van der Waals surface area contributed by atoms with Crippen LogP contribution in [0, 0.1) is 11.8 Å². The maximum absolute atomic E-state index is 4.61. The van der Waals surface area contributed by atoms with Crippen molar-refractivity contribution in [2.75, 3.05) is 24.5 Å². The molecule has 0 saturated carbocycles. The topological polar surface area (TPSA) is 28.2 Å². The predicted molar refractivity (Wildman–Crippen MR) is 83.9 cm³/mol. The van der Waals surface area contributed by atoms with E-state index in [4.69, 9.17) is 0 Å². The van der Waals surface area contributed by atoms with Gasteiger partial charge in [0.05, 0.1) is 0 Å². The van der Waals surface area contributed by atoms with Crippen LogP contribution in [0.3, 0.4) is 0 Å². The second-order valence-electron chi connectivity index (χ2n) is 5.81. The molecule has 1 saturated heterocycles. The molecule has 0 spiro atoms. The first-order valence-electron chi connectivity index (χ1n) is 7.61. The third kappa shape index (κ3) is 4.18. The van der Waals surface area contributed by atoms with Crippen LogP contribution in [-0.4, -0.2) is 24.6 Å². The number of thiazole rings is 1. The molecule has 1 aromatic heterocycles. The summed E-state index contributed by atoms with van der Waals surface area (Å²) in [4.78, 5) is 8.45. The van der Waals surface area contributed by atoms with Gasteiger partial charge < -0.3 is 10.2 Å². The summed E-state index contributed by atoms with van der Waals surface area (Å²) >= 11 is 1.85. The Morgan fingerprint density at radius 1 is 1.42 bits per heavy atom. The van der Waals surface area contributed by atoms with Gasteiger partial charge in [-0.3, -0.25) is 0 Å². The molecule has 1 fully saturated rings. The van der Waals surface area contributed by atoms with E-state index in [0.29, 0.717) is 0 Å². The van der Waals surface area contributed by atoms with E-state index < -0.39 is 0 Å². The molecule has 1 aliphatic rings. The molecule has 1 atom stereocenters. The molecule has 4 heteroatoms. The number of nitrogens with zero attached hydrogens (tertiary/aromatic N) is 2. The first-order valence-corrected chi connectivity index (χ1v) is 8.42. The van der Waals surface area contributed by atoms with Gasteiger partial charge in [0.2, 0.25) is 0 Å². The minimum absolute atomic E-state index is 0.820. The highest BCUT2D eigenvalue weighted by Gasteiger charge is 2.21. The quantitative estimate of drug-likeness (QED) is 0.895. The van der Waals surface area contributed by atoms with Crippen molar-refractivity contribution in [2.24, 2.45) is 11.8 Å². The van der Waals surface area contributed by atoms with Gasteiger partial charge in [-0.05, 0) is 37.6 Å². The third-order valence-corrected chi connectivity index (χ3v) is 5.13. The molecule has 0 radical (unpaired) electrons. The Kier molecular flexibility index (Phi) is 5.64.